The summed E-state index contributed by atoms with van der Waals surface area (Å²) in [4.78, 5) is 32.8. The average molecular weight is 384 g/mol. The lowest BCUT2D eigenvalue weighted by Crippen LogP contribution is -2.41. The molecule has 8 nitrogen and oxygen atoms in total. The van der Waals surface area contributed by atoms with E-state index in [1.54, 1.807) is 14.1 Å². The number of amides is 2. The van der Waals surface area contributed by atoms with E-state index in [2.05, 4.69) is 31.2 Å². The van der Waals surface area contributed by atoms with Crippen molar-refractivity contribution in [3.8, 4) is 0 Å². The Hall–Kier alpha value is -3.00. The molecule has 0 unspecified atom stereocenters. The minimum absolute atomic E-state index is 0.0302. The SMILES string of the molecule is CNC(=O)c1nc(C)c(C)nc1Nc1cccc(CCNC(=O)[C@H](C)NC)c1. The van der Waals surface area contributed by atoms with Gasteiger partial charge in [0.05, 0.1) is 17.4 Å². The maximum atomic E-state index is 12.1. The van der Waals surface area contributed by atoms with Crippen molar-refractivity contribution < 1.29 is 9.59 Å². The number of hydrogen-bond acceptors (Lipinski definition) is 6. The normalized spacial score (nSPS) is 11.6. The van der Waals surface area contributed by atoms with Crippen molar-refractivity contribution >= 4 is 23.3 Å². The Morgan fingerprint density at radius 3 is 2.50 bits per heavy atom. The van der Waals surface area contributed by atoms with Gasteiger partial charge in [-0.05, 0) is 51.9 Å². The van der Waals surface area contributed by atoms with Crippen LogP contribution in [-0.2, 0) is 11.2 Å². The van der Waals surface area contributed by atoms with E-state index in [4.69, 9.17) is 0 Å². The molecular weight excluding hydrogens is 356 g/mol. The summed E-state index contributed by atoms with van der Waals surface area (Å²) in [5.41, 5.74) is 3.58. The van der Waals surface area contributed by atoms with Crippen LogP contribution in [-0.4, -0.2) is 48.5 Å². The van der Waals surface area contributed by atoms with E-state index in [0.29, 0.717) is 24.5 Å². The van der Waals surface area contributed by atoms with E-state index in [0.717, 1.165) is 16.9 Å². The maximum absolute atomic E-state index is 12.1. The maximum Gasteiger partial charge on any atom is 0.273 e. The first kappa shape index (κ1) is 21.3. The van der Waals surface area contributed by atoms with Crippen LogP contribution >= 0.6 is 0 Å². The highest BCUT2D eigenvalue weighted by Gasteiger charge is 2.16. The van der Waals surface area contributed by atoms with Gasteiger partial charge < -0.3 is 21.3 Å². The molecule has 0 radical (unpaired) electrons. The van der Waals surface area contributed by atoms with E-state index in [9.17, 15) is 9.59 Å². The van der Waals surface area contributed by atoms with Crippen molar-refractivity contribution in [3.63, 3.8) is 0 Å². The van der Waals surface area contributed by atoms with Crippen LogP contribution in [0.5, 0.6) is 0 Å². The number of hydrogen-bond donors (Lipinski definition) is 4. The van der Waals surface area contributed by atoms with Crippen molar-refractivity contribution in [1.29, 1.82) is 0 Å². The minimum Gasteiger partial charge on any atom is -0.354 e. The molecule has 0 aliphatic heterocycles. The van der Waals surface area contributed by atoms with Crippen LogP contribution in [0.25, 0.3) is 0 Å². The van der Waals surface area contributed by atoms with Gasteiger partial charge in [0.2, 0.25) is 5.91 Å². The van der Waals surface area contributed by atoms with Crippen LogP contribution in [0.4, 0.5) is 11.5 Å². The molecule has 1 aromatic heterocycles. The van der Waals surface area contributed by atoms with Gasteiger partial charge in [-0.25, -0.2) is 9.97 Å². The van der Waals surface area contributed by atoms with Crippen molar-refractivity contribution in [2.24, 2.45) is 0 Å². The number of nitrogens with one attached hydrogen (secondary N) is 4. The zero-order valence-electron chi connectivity index (χ0n) is 17.0. The van der Waals surface area contributed by atoms with Gasteiger partial charge in [-0.1, -0.05) is 12.1 Å². The monoisotopic (exact) mass is 384 g/mol. The molecule has 0 saturated heterocycles. The molecule has 0 spiro atoms. The highest BCUT2D eigenvalue weighted by molar-refractivity contribution is 5.97. The number of anilines is 2. The molecule has 2 rings (SSSR count). The first-order valence-electron chi connectivity index (χ1n) is 9.24. The lowest BCUT2D eigenvalue weighted by atomic mass is 10.1. The molecule has 4 N–H and O–H groups in total. The number of nitrogens with zero attached hydrogens (tertiary/aromatic N) is 2. The molecule has 28 heavy (non-hydrogen) atoms. The highest BCUT2D eigenvalue weighted by atomic mass is 16.2. The first-order valence-corrected chi connectivity index (χ1v) is 9.24. The summed E-state index contributed by atoms with van der Waals surface area (Å²) in [5.74, 6) is 0.0868. The summed E-state index contributed by atoms with van der Waals surface area (Å²) >= 11 is 0. The van der Waals surface area contributed by atoms with Gasteiger partial charge in [0, 0.05) is 19.3 Å². The molecule has 2 aromatic rings. The Balaban J connectivity index is 2.12. The number of carbonyl (C=O) groups is 2. The fraction of sp³-hybridized carbons (Fsp3) is 0.400. The molecule has 0 bridgehead atoms. The minimum atomic E-state index is -0.296. The number of carbonyl (C=O) groups excluding carboxylic acids is 2. The highest BCUT2D eigenvalue weighted by Crippen LogP contribution is 2.20. The second kappa shape index (κ2) is 9.80. The summed E-state index contributed by atoms with van der Waals surface area (Å²) in [6.07, 6.45) is 0.693. The molecule has 1 aromatic carbocycles. The van der Waals surface area contributed by atoms with Gasteiger partial charge in [0.25, 0.3) is 5.91 Å². The van der Waals surface area contributed by atoms with Crippen molar-refractivity contribution in [2.75, 3.05) is 26.0 Å². The van der Waals surface area contributed by atoms with Crippen LogP contribution < -0.4 is 21.3 Å². The smallest absolute Gasteiger partial charge is 0.273 e. The van der Waals surface area contributed by atoms with Gasteiger partial charge in [0.1, 0.15) is 0 Å². The molecule has 0 aliphatic carbocycles. The molecule has 1 heterocycles. The predicted molar refractivity (Wildman–Crippen MR) is 110 cm³/mol. The summed E-state index contributed by atoms with van der Waals surface area (Å²) in [7, 11) is 3.31. The fourth-order valence-corrected chi connectivity index (χ4v) is 2.52. The van der Waals surface area contributed by atoms with Crippen molar-refractivity contribution in [1.82, 2.24) is 25.9 Å². The second-order valence-electron chi connectivity index (χ2n) is 6.55. The zero-order valence-corrected chi connectivity index (χ0v) is 17.0. The molecule has 8 heteroatoms. The Morgan fingerprint density at radius 1 is 1.11 bits per heavy atom. The fourth-order valence-electron chi connectivity index (χ4n) is 2.52. The molecule has 0 saturated carbocycles. The summed E-state index contributed by atoms with van der Waals surface area (Å²) < 4.78 is 0. The molecule has 2 amide bonds. The Kier molecular flexibility index (Phi) is 7.45. The van der Waals surface area contributed by atoms with Crippen LogP contribution in [0, 0.1) is 13.8 Å². The summed E-state index contributed by atoms with van der Waals surface area (Å²) in [6, 6.07) is 7.56. The van der Waals surface area contributed by atoms with Crippen LogP contribution in [0.15, 0.2) is 24.3 Å². The van der Waals surface area contributed by atoms with Crippen molar-refractivity contribution in [2.45, 2.75) is 33.2 Å². The predicted octanol–water partition coefficient (Wildman–Crippen LogP) is 1.46. The second-order valence-corrected chi connectivity index (χ2v) is 6.55. The molecule has 150 valence electrons. The molecule has 0 aliphatic rings. The van der Waals surface area contributed by atoms with E-state index < -0.39 is 0 Å². The lowest BCUT2D eigenvalue weighted by Gasteiger charge is -2.13. The van der Waals surface area contributed by atoms with E-state index >= 15 is 0 Å². The van der Waals surface area contributed by atoms with Crippen molar-refractivity contribution in [3.05, 3.63) is 46.9 Å². The third-order valence-electron chi connectivity index (χ3n) is 4.48. The number of benzene rings is 1. The van der Waals surface area contributed by atoms with Gasteiger partial charge in [-0.3, -0.25) is 9.59 Å². The zero-order chi connectivity index (χ0) is 20.7. The summed E-state index contributed by atoms with van der Waals surface area (Å²) in [5, 5.41) is 11.6. The Bertz CT molecular complexity index is 853. The van der Waals surface area contributed by atoms with Gasteiger partial charge in [0.15, 0.2) is 11.5 Å². The van der Waals surface area contributed by atoms with Gasteiger partial charge in [-0.2, -0.15) is 0 Å². The standard InChI is InChI=1S/C20H28N6O2/c1-12-13(2)25-18(17(24-12)20(28)22-5)26-16-8-6-7-15(11-16)9-10-23-19(27)14(3)21-4/h6-8,11,14,21H,9-10H2,1-5H3,(H,22,28)(H,23,27)(H,25,26)/t14-/m0/s1. The summed E-state index contributed by atoms with van der Waals surface area (Å²) in [6.45, 7) is 6.03. The molecular formula is C20H28N6O2. The number of aryl methyl sites for hydroxylation is 2. The quantitative estimate of drug-likeness (QED) is 0.549. The molecule has 0 fully saturated rings. The largest absolute Gasteiger partial charge is 0.354 e. The first-order chi connectivity index (χ1) is 13.3. The van der Waals surface area contributed by atoms with Gasteiger partial charge in [-0.15, -0.1) is 0 Å². The number of likely N-dealkylation sites (N-methyl/N-ethyl adjacent to an activating group) is 1. The number of aromatic nitrogens is 2. The average Bonchev–Trinajstić information content (AvgIpc) is 2.69. The Morgan fingerprint density at radius 2 is 1.82 bits per heavy atom. The molecule has 1 atom stereocenters. The lowest BCUT2D eigenvalue weighted by molar-refractivity contribution is -0.122. The van der Waals surface area contributed by atoms with E-state index in [1.807, 2.05) is 45.0 Å². The van der Waals surface area contributed by atoms with Crippen LogP contribution in [0.2, 0.25) is 0 Å². The van der Waals surface area contributed by atoms with Gasteiger partial charge >= 0.3 is 0 Å². The third-order valence-corrected chi connectivity index (χ3v) is 4.48. The van der Waals surface area contributed by atoms with E-state index in [1.165, 1.54) is 0 Å². The third kappa shape index (κ3) is 5.50. The Labute approximate surface area is 165 Å². The number of rotatable bonds is 8. The topological polar surface area (TPSA) is 108 Å². The van der Waals surface area contributed by atoms with Crippen LogP contribution in [0.3, 0.4) is 0 Å². The van der Waals surface area contributed by atoms with Crippen LogP contribution in [0.1, 0.15) is 34.4 Å². The van der Waals surface area contributed by atoms with E-state index in [-0.39, 0.29) is 23.6 Å².